The Morgan fingerprint density at radius 2 is 2.30 bits per heavy atom. The van der Waals surface area contributed by atoms with Gasteiger partial charge in [-0.15, -0.1) is 0 Å². The summed E-state index contributed by atoms with van der Waals surface area (Å²) in [5, 5.41) is 2.82. The second-order valence-corrected chi connectivity index (χ2v) is 5.03. The minimum Gasteiger partial charge on any atom is -0.376 e. The third-order valence-corrected chi connectivity index (χ3v) is 3.49. The van der Waals surface area contributed by atoms with Gasteiger partial charge in [0.1, 0.15) is 6.54 Å². The monoisotopic (exact) mass is 281 g/mol. The smallest absolute Gasteiger partial charge is 0.331 e. The van der Waals surface area contributed by atoms with E-state index in [4.69, 9.17) is 4.74 Å². The number of rotatable bonds is 4. The molecule has 1 N–H and O–H groups in total. The van der Waals surface area contributed by atoms with Crippen LogP contribution in [0, 0.1) is 0 Å². The molecular formula is C13H19N3O4. The quantitative estimate of drug-likeness (QED) is 0.785. The van der Waals surface area contributed by atoms with Gasteiger partial charge in [0, 0.05) is 25.9 Å². The Hall–Kier alpha value is -1.89. The Kier molecular flexibility index (Phi) is 4.39. The van der Waals surface area contributed by atoms with Gasteiger partial charge in [-0.25, -0.2) is 4.79 Å². The Bertz CT molecular complexity index is 598. The minimum atomic E-state index is -0.502. The summed E-state index contributed by atoms with van der Waals surface area (Å²) in [6.45, 7) is 2.51. The SMILES string of the molecule is C[C@H](NC(=O)Cn1ccc(=O)n(C)c1=O)[C@H]1CCCO1. The molecule has 1 aromatic heterocycles. The molecular weight excluding hydrogens is 262 g/mol. The fraction of sp³-hybridized carbons (Fsp3) is 0.615. The van der Waals surface area contributed by atoms with Gasteiger partial charge in [-0.1, -0.05) is 0 Å². The number of ether oxygens (including phenoxy) is 1. The van der Waals surface area contributed by atoms with E-state index in [2.05, 4.69) is 5.32 Å². The topological polar surface area (TPSA) is 82.3 Å². The van der Waals surface area contributed by atoms with E-state index in [1.165, 1.54) is 23.9 Å². The summed E-state index contributed by atoms with van der Waals surface area (Å²) in [7, 11) is 1.38. The Morgan fingerprint density at radius 1 is 1.55 bits per heavy atom. The molecule has 1 amide bonds. The van der Waals surface area contributed by atoms with E-state index in [1.807, 2.05) is 6.92 Å². The highest BCUT2D eigenvalue weighted by Crippen LogP contribution is 2.15. The number of aromatic nitrogens is 2. The molecule has 0 spiro atoms. The zero-order valence-corrected chi connectivity index (χ0v) is 11.7. The van der Waals surface area contributed by atoms with Crippen molar-refractivity contribution in [3.63, 3.8) is 0 Å². The van der Waals surface area contributed by atoms with E-state index in [9.17, 15) is 14.4 Å². The molecule has 2 atom stereocenters. The maximum absolute atomic E-state index is 11.9. The molecule has 0 radical (unpaired) electrons. The van der Waals surface area contributed by atoms with Crippen molar-refractivity contribution in [3.05, 3.63) is 33.1 Å². The Labute approximate surface area is 116 Å². The molecule has 0 aromatic carbocycles. The molecule has 1 aliphatic rings. The van der Waals surface area contributed by atoms with Crippen molar-refractivity contribution in [2.45, 2.75) is 38.5 Å². The fourth-order valence-corrected chi connectivity index (χ4v) is 2.28. The highest BCUT2D eigenvalue weighted by molar-refractivity contribution is 5.76. The van der Waals surface area contributed by atoms with Crippen LogP contribution in [0.4, 0.5) is 0 Å². The van der Waals surface area contributed by atoms with Crippen molar-refractivity contribution in [1.29, 1.82) is 0 Å². The minimum absolute atomic E-state index is 0.0378. The molecule has 1 aliphatic heterocycles. The van der Waals surface area contributed by atoms with Gasteiger partial charge in [-0.05, 0) is 19.8 Å². The number of carbonyl (C=O) groups excluding carboxylic acids is 1. The van der Waals surface area contributed by atoms with E-state index in [0.717, 1.165) is 24.0 Å². The van der Waals surface area contributed by atoms with Crippen molar-refractivity contribution >= 4 is 5.91 Å². The maximum atomic E-state index is 11.9. The van der Waals surface area contributed by atoms with Crippen LogP contribution in [0.2, 0.25) is 0 Å². The molecule has 1 fully saturated rings. The van der Waals surface area contributed by atoms with E-state index in [1.54, 1.807) is 0 Å². The van der Waals surface area contributed by atoms with Crippen LogP contribution in [0.3, 0.4) is 0 Å². The molecule has 1 aromatic rings. The van der Waals surface area contributed by atoms with E-state index in [0.29, 0.717) is 0 Å². The normalized spacial score (nSPS) is 19.8. The summed E-state index contributed by atoms with van der Waals surface area (Å²) in [6, 6.07) is 1.17. The lowest BCUT2D eigenvalue weighted by atomic mass is 10.1. The Morgan fingerprint density at radius 3 is 2.95 bits per heavy atom. The van der Waals surface area contributed by atoms with Crippen molar-refractivity contribution in [1.82, 2.24) is 14.5 Å². The molecule has 0 aliphatic carbocycles. The summed E-state index contributed by atoms with van der Waals surface area (Å²) >= 11 is 0. The molecule has 7 nitrogen and oxygen atoms in total. The zero-order chi connectivity index (χ0) is 14.7. The van der Waals surface area contributed by atoms with Crippen LogP contribution >= 0.6 is 0 Å². The van der Waals surface area contributed by atoms with E-state index < -0.39 is 5.69 Å². The number of nitrogens with zero attached hydrogens (tertiary/aromatic N) is 2. The number of hydrogen-bond acceptors (Lipinski definition) is 4. The third-order valence-electron chi connectivity index (χ3n) is 3.49. The molecule has 20 heavy (non-hydrogen) atoms. The van der Waals surface area contributed by atoms with Gasteiger partial charge in [-0.2, -0.15) is 0 Å². The highest BCUT2D eigenvalue weighted by atomic mass is 16.5. The first-order valence-corrected chi connectivity index (χ1v) is 6.66. The lowest BCUT2D eigenvalue weighted by molar-refractivity contribution is -0.123. The zero-order valence-electron chi connectivity index (χ0n) is 11.7. The van der Waals surface area contributed by atoms with Gasteiger partial charge < -0.3 is 10.1 Å². The van der Waals surface area contributed by atoms with E-state index >= 15 is 0 Å². The summed E-state index contributed by atoms with van der Waals surface area (Å²) in [4.78, 5) is 35.0. The van der Waals surface area contributed by atoms with Crippen molar-refractivity contribution in [2.24, 2.45) is 7.05 Å². The second-order valence-electron chi connectivity index (χ2n) is 5.03. The molecule has 1 saturated heterocycles. The predicted molar refractivity (Wildman–Crippen MR) is 72.5 cm³/mol. The van der Waals surface area contributed by atoms with Crippen molar-refractivity contribution in [2.75, 3.05) is 6.61 Å². The average Bonchev–Trinajstić information content (AvgIpc) is 2.93. The van der Waals surface area contributed by atoms with Gasteiger partial charge in [0.05, 0.1) is 12.1 Å². The molecule has 2 heterocycles. The van der Waals surface area contributed by atoms with Crippen LogP contribution in [0.1, 0.15) is 19.8 Å². The molecule has 0 bridgehead atoms. The van der Waals surface area contributed by atoms with Crippen LogP contribution in [0.15, 0.2) is 21.9 Å². The maximum Gasteiger partial charge on any atom is 0.331 e. The first kappa shape index (κ1) is 14.5. The first-order valence-electron chi connectivity index (χ1n) is 6.66. The summed E-state index contributed by atoms with van der Waals surface area (Å²) in [5.41, 5.74) is -0.892. The third kappa shape index (κ3) is 3.16. The highest BCUT2D eigenvalue weighted by Gasteiger charge is 2.23. The summed E-state index contributed by atoms with van der Waals surface area (Å²) in [6.07, 6.45) is 3.31. The molecule has 110 valence electrons. The average molecular weight is 281 g/mol. The van der Waals surface area contributed by atoms with Gasteiger partial charge in [0.25, 0.3) is 5.56 Å². The van der Waals surface area contributed by atoms with Crippen molar-refractivity contribution < 1.29 is 9.53 Å². The van der Waals surface area contributed by atoms with E-state index in [-0.39, 0.29) is 30.2 Å². The summed E-state index contributed by atoms with van der Waals surface area (Å²) < 4.78 is 7.67. The largest absolute Gasteiger partial charge is 0.376 e. The Balaban J connectivity index is 1.99. The molecule has 0 unspecified atom stereocenters. The number of hydrogen-bond donors (Lipinski definition) is 1. The lowest BCUT2D eigenvalue weighted by Crippen LogP contribution is -2.45. The second kappa shape index (κ2) is 6.04. The van der Waals surface area contributed by atoms with Crippen LogP contribution in [-0.2, 0) is 23.1 Å². The van der Waals surface area contributed by atoms with Gasteiger partial charge in [0.15, 0.2) is 0 Å². The fourth-order valence-electron chi connectivity index (χ4n) is 2.28. The number of amides is 1. The van der Waals surface area contributed by atoms with Gasteiger partial charge >= 0.3 is 5.69 Å². The molecule has 0 saturated carbocycles. The van der Waals surface area contributed by atoms with Crippen LogP contribution in [-0.4, -0.2) is 33.8 Å². The first-order chi connectivity index (χ1) is 9.49. The predicted octanol–water partition coefficient (Wildman–Crippen LogP) is -0.769. The number of nitrogens with one attached hydrogen (secondary N) is 1. The van der Waals surface area contributed by atoms with Crippen LogP contribution in [0.5, 0.6) is 0 Å². The molecule has 7 heteroatoms. The van der Waals surface area contributed by atoms with Crippen molar-refractivity contribution in [3.8, 4) is 0 Å². The standard InChI is InChI=1S/C13H19N3O4/c1-9(10-4-3-7-20-10)14-11(17)8-16-6-5-12(18)15(2)13(16)19/h5-6,9-10H,3-4,7-8H2,1-2H3,(H,14,17)/t9-,10+/m0/s1. The lowest BCUT2D eigenvalue weighted by Gasteiger charge is -2.20. The van der Waals surface area contributed by atoms with Crippen LogP contribution < -0.4 is 16.6 Å². The van der Waals surface area contributed by atoms with Crippen LogP contribution in [0.25, 0.3) is 0 Å². The number of carbonyl (C=O) groups is 1. The summed E-state index contributed by atoms with van der Waals surface area (Å²) in [5.74, 6) is -0.270. The van der Waals surface area contributed by atoms with Gasteiger partial charge in [-0.3, -0.25) is 18.7 Å². The van der Waals surface area contributed by atoms with Gasteiger partial charge in [0.2, 0.25) is 5.91 Å². The molecule has 2 rings (SSSR count).